The summed E-state index contributed by atoms with van der Waals surface area (Å²) in [5.74, 6) is 1.69. The van der Waals surface area contributed by atoms with Crippen LogP contribution in [0.25, 0.3) is 0 Å². The molecule has 2 unspecified atom stereocenters. The minimum atomic E-state index is -0.0429. The summed E-state index contributed by atoms with van der Waals surface area (Å²) < 4.78 is 10.9. The van der Waals surface area contributed by atoms with Crippen molar-refractivity contribution in [3.63, 3.8) is 0 Å². The Labute approximate surface area is 105 Å². The first kappa shape index (κ1) is 12.3. The van der Waals surface area contributed by atoms with E-state index in [2.05, 4.69) is 4.98 Å². The van der Waals surface area contributed by atoms with Crippen LogP contribution < -0.4 is 5.73 Å². The zero-order valence-electron chi connectivity index (χ0n) is 10.1. The van der Waals surface area contributed by atoms with Crippen LogP contribution in [0.15, 0.2) is 32.5 Å². The minimum Gasteiger partial charge on any atom is -0.468 e. The van der Waals surface area contributed by atoms with E-state index >= 15 is 0 Å². The Hall–Kier alpha value is -1.20. The number of nitrogens with two attached hydrogens (primary N) is 1. The molecule has 92 valence electrons. The van der Waals surface area contributed by atoms with Gasteiger partial charge in [0.05, 0.1) is 17.2 Å². The number of hydrogen-bond acceptors (Lipinski definition) is 5. The predicted octanol–water partition coefficient (Wildman–Crippen LogP) is 3.07. The van der Waals surface area contributed by atoms with Crippen molar-refractivity contribution in [2.24, 2.45) is 5.73 Å². The molecule has 0 aromatic carbocycles. The predicted molar refractivity (Wildman–Crippen MR) is 66.9 cm³/mol. The molecule has 0 saturated carbocycles. The van der Waals surface area contributed by atoms with Crippen LogP contribution in [0.4, 0.5) is 0 Å². The lowest BCUT2D eigenvalue weighted by Crippen LogP contribution is -2.22. The van der Waals surface area contributed by atoms with E-state index in [0.29, 0.717) is 5.22 Å². The highest BCUT2D eigenvalue weighted by Crippen LogP contribution is 2.37. The second-order valence-electron chi connectivity index (χ2n) is 4.03. The zero-order chi connectivity index (χ0) is 12.4. The zero-order valence-corrected chi connectivity index (χ0v) is 11.0. The van der Waals surface area contributed by atoms with E-state index in [1.54, 1.807) is 6.26 Å². The first-order valence-corrected chi connectivity index (χ1v) is 6.35. The van der Waals surface area contributed by atoms with E-state index < -0.39 is 0 Å². The standard InChI is InChI=1S/C12H16N2O2S/c1-7(13)11(10-5-4-6-15-10)17-12-14-8(2)9(3)16-12/h4-7,11H,13H2,1-3H3. The lowest BCUT2D eigenvalue weighted by atomic mass is 10.2. The maximum absolute atomic E-state index is 5.97. The summed E-state index contributed by atoms with van der Waals surface area (Å²) >= 11 is 1.49. The van der Waals surface area contributed by atoms with Crippen molar-refractivity contribution in [3.8, 4) is 0 Å². The number of rotatable bonds is 4. The Morgan fingerprint density at radius 1 is 1.41 bits per heavy atom. The topological polar surface area (TPSA) is 65.2 Å². The highest BCUT2D eigenvalue weighted by Gasteiger charge is 2.23. The molecule has 2 aromatic heterocycles. The molecule has 4 nitrogen and oxygen atoms in total. The van der Waals surface area contributed by atoms with Crippen molar-refractivity contribution in [2.75, 3.05) is 0 Å². The van der Waals surface area contributed by atoms with Gasteiger partial charge in [-0.15, -0.1) is 0 Å². The van der Waals surface area contributed by atoms with E-state index in [1.807, 2.05) is 32.9 Å². The van der Waals surface area contributed by atoms with Gasteiger partial charge in [-0.1, -0.05) is 11.8 Å². The SMILES string of the molecule is Cc1nc(SC(c2ccco2)C(C)N)oc1C. The Bertz CT molecular complexity index is 457. The fourth-order valence-corrected chi connectivity index (χ4v) is 2.52. The number of oxazole rings is 1. The minimum absolute atomic E-state index is 0.0162. The van der Waals surface area contributed by atoms with Crippen LogP contribution in [0, 0.1) is 13.8 Å². The first-order chi connectivity index (χ1) is 8.08. The van der Waals surface area contributed by atoms with Crippen LogP contribution in [-0.4, -0.2) is 11.0 Å². The Kier molecular flexibility index (Phi) is 3.59. The summed E-state index contributed by atoms with van der Waals surface area (Å²) in [5.41, 5.74) is 6.88. The van der Waals surface area contributed by atoms with Crippen LogP contribution in [0.1, 0.15) is 29.4 Å². The van der Waals surface area contributed by atoms with Gasteiger partial charge in [-0.25, -0.2) is 4.98 Å². The first-order valence-electron chi connectivity index (χ1n) is 5.47. The van der Waals surface area contributed by atoms with E-state index in [1.165, 1.54) is 11.8 Å². The number of aromatic nitrogens is 1. The van der Waals surface area contributed by atoms with Crippen LogP contribution in [0.3, 0.4) is 0 Å². The fourth-order valence-electron chi connectivity index (χ4n) is 1.48. The van der Waals surface area contributed by atoms with Crippen molar-refractivity contribution in [1.29, 1.82) is 0 Å². The maximum atomic E-state index is 5.97. The quantitative estimate of drug-likeness (QED) is 0.847. The van der Waals surface area contributed by atoms with Gasteiger partial charge in [-0.2, -0.15) is 0 Å². The lowest BCUT2D eigenvalue weighted by Gasteiger charge is -2.15. The Balaban J connectivity index is 2.19. The molecule has 2 rings (SSSR count). The molecule has 0 aliphatic carbocycles. The van der Waals surface area contributed by atoms with Gasteiger partial charge in [0.15, 0.2) is 0 Å². The normalized spacial score (nSPS) is 14.8. The van der Waals surface area contributed by atoms with Gasteiger partial charge in [-0.3, -0.25) is 0 Å². The largest absolute Gasteiger partial charge is 0.468 e. The highest BCUT2D eigenvalue weighted by atomic mass is 32.2. The molecule has 0 aliphatic heterocycles. The molecule has 17 heavy (non-hydrogen) atoms. The number of nitrogens with zero attached hydrogens (tertiary/aromatic N) is 1. The van der Waals surface area contributed by atoms with Crippen molar-refractivity contribution >= 4 is 11.8 Å². The second kappa shape index (κ2) is 4.98. The summed E-state index contributed by atoms with van der Waals surface area (Å²) in [7, 11) is 0. The van der Waals surface area contributed by atoms with Crippen molar-refractivity contribution in [1.82, 2.24) is 4.98 Å². The van der Waals surface area contributed by atoms with Gasteiger partial charge >= 0.3 is 0 Å². The molecule has 0 spiro atoms. The van der Waals surface area contributed by atoms with Crippen molar-refractivity contribution in [3.05, 3.63) is 35.6 Å². The van der Waals surface area contributed by atoms with E-state index in [4.69, 9.17) is 14.6 Å². The van der Waals surface area contributed by atoms with Crippen molar-refractivity contribution in [2.45, 2.75) is 37.3 Å². The average molecular weight is 252 g/mol. The molecule has 0 aliphatic rings. The van der Waals surface area contributed by atoms with Crippen LogP contribution >= 0.6 is 11.8 Å². The Morgan fingerprint density at radius 3 is 2.65 bits per heavy atom. The van der Waals surface area contributed by atoms with Gasteiger partial charge in [0, 0.05) is 6.04 Å². The summed E-state index contributed by atoms with van der Waals surface area (Å²) in [4.78, 5) is 4.34. The molecule has 0 fully saturated rings. The monoisotopic (exact) mass is 252 g/mol. The van der Waals surface area contributed by atoms with Gasteiger partial charge in [-0.05, 0) is 32.9 Å². The van der Waals surface area contributed by atoms with Gasteiger partial charge in [0.1, 0.15) is 11.5 Å². The van der Waals surface area contributed by atoms with Gasteiger partial charge in [0.2, 0.25) is 0 Å². The van der Waals surface area contributed by atoms with Crippen LogP contribution in [-0.2, 0) is 0 Å². The lowest BCUT2D eigenvalue weighted by molar-refractivity contribution is 0.426. The third-order valence-corrected chi connectivity index (χ3v) is 3.83. The highest BCUT2D eigenvalue weighted by molar-refractivity contribution is 7.99. The second-order valence-corrected chi connectivity index (χ2v) is 5.13. The molecule has 0 amide bonds. The summed E-state index contributed by atoms with van der Waals surface area (Å²) in [6.07, 6.45) is 1.65. The number of thioether (sulfide) groups is 1. The molecule has 2 heterocycles. The van der Waals surface area contributed by atoms with Gasteiger partial charge < -0.3 is 14.6 Å². The summed E-state index contributed by atoms with van der Waals surface area (Å²) in [6.45, 7) is 5.78. The molecule has 5 heteroatoms. The molecule has 2 aromatic rings. The third kappa shape index (κ3) is 2.73. The fraction of sp³-hybridized carbons (Fsp3) is 0.417. The number of furan rings is 1. The third-order valence-electron chi connectivity index (χ3n) is 2.54. The van der Waals surface area contributed by atoms with E-state index in [0.717, 1.165) is 17.2 Å². The average Bonchev–Trinajstić information content (AvgIpc) is 2.86. The Morgan fingerprint density at radius 2 is 2.18 bits per heavy atom. The maximum Gasteiger partial charge on any atom is 0.256 e. The molecule has 2 atom stereocenters. The number of aryl methyl sites for hydroxylation is 2. The molecule has 0 radical (unpaired) electrons. The molecular weight excluding hydrogens is 236 g/mol. The van der Waals surface area contributed by atoms with Crippen LogP contribution in [0.2, 0.25) is 0 Å². The van der Waals surface area contributed by atoms with Crippen molar-refractivity contribution < 1.29 is 8.83 Å². The molecule has 0 bridgehead atoms. The van der Waals surface area contributed by atoms with Crippen LogP contribution in [0.5, 0.6) is 0 Å². The summed E-state index contributed by atoms with van der Waals surface area (Å²) in [5, 5.41) is 0.654. The van der Waals surface area contributed by atoms with Gasteiger partial charge in [0.25, 0.3) is 5.22 Å². The van der Waals surface area contributed by atoms with E-state index in [9.17, 15) is 0 Å². The number of hydrogen-bond donors (Lipinski definition) is 1. The summed E-state index contributed by atoms with van der Waals surface area (Å²) in [6, 6.07) is 3.74. The van der Waals surface area contributed by atoms with E-state index in [-0.39, 0.29) is 11.3 Å². The molecular formula is C12H16N2O2S. The smallest absolute Gasteiger partial charge is 0.256 e. The molecule has 0 saturated heterocycles. The molecule has 2 N–H and O–H groups in total.